The average Bonchev–Trinajstić information content (AvgIpc) is 2.94. The molecule has 120 valence electrons. The van der Waals surface area contributed by atoms with Crippen molar-refractivity contribution in [1.82, 2.24) is 4.98 Å². The second kappa shape index (κ2) is 5.99. The molecule has 1 heterocycles. The summed E-state index contributed by atoms with van der Waals surface area (Å²) >= 11 is 0. The molecular formula is C18H16F3NO. The lowest BCUT2D eigenvalue weighted by Crippen LogP contribution is -2.15. The molecule has 23 heavy (non-hydrogen) atoms. The Morgan fingerprint density at radius 1 is 1.04 bits per heavy atom. The second-order valence-electron chi connectivity index (χ2n) is 5.55. The minimum absolute atomic E-state index is 0.136. The van der Waals surface area contributed by atoms with E-state index >= 15 is 0 Å². The molecule has 0 aliphatic heterocycles. The van der Waals surface area contributed by atoms with Gasteiger partial charge >= 0.3 is 6.18 Å². The number of aromatic nitrogens is 1. The smallest absolute Gasteiger partial charge is 0.416 e. The van der Waals surface area contributed by atoms with Crippen LogP contribution in [-0.2, 0) is 12.6 Å². The quantitative estimate of drug-likeness (QED) is 0.703. The maximum atomic E-state index is 12.5. The Labute approximate surface area is 131 Å². The Balaban J connectivity index is 1.65. The highest BCUT2D eigenvalue weighted by Crippen LogP contribution is 2.30. The number of nitrogens with one attached hydrogen (secondary N) is 1. The van der Waals surface area contributed by atoms with E-state index in [1.54, 1.807) is 0 Å². The second-order valence-corrected chi connectivity index (χ2v) is 5.55. The summed E-state index contributed by atoms with van der Waals surface area (Å²) < 4.78 is 43.3. The van der Waals surface area contributed by atoms with Crippen LogP contribution in [0.1, 0.15) is 18.1 Å². The third kappa shape index (κ3) is 3.67. The van der Waals surface area contributed by atoms with Crippen molar-refractivity contribution in [2.45, 2.75) is 25.6 Å². The molecule has 0 radical (unpaired) electrons. The summed E-state index contributed by atoms with van der Waals surface area (Å²) in [7, 11) is 0. The third-order valence-corrected chi connectivity index (χ3v) is 3.66. The number of fused-ring (bicyclic) bond motifs is 1. The molecule has 0 aliphatic rings. The maximum Gasteiger partial charge on any atom is 0.416 e. The van der Waals surface area contributed by atoms with Crippen molar-refractivity contribution in [2.75, 3.05) is 0 Å². The summed E-state index contributed by atoms with van der Waals surface area (Å²) in [5.74, 6) is 0.438. The van der Waals surface area contributed by atoms with Crippen molar-refractivity contribution in [1.29, 1.82) is 0 Å². The fraction of sp³-hybridized carbons (Fsp3) is 0.222. The van der Waals surface area contributed by atoms with Gasteiger partial charge in [0.25, 0.3) is 0 Å². The van der Waals surface area contributed by atoms with Gasteiger partial charge in [0.15, 0.2) is 0 Å². The number of aromatic amines is 1. The molecule has 3 aromatic rings. The predicted octanol–water partition coefficient (Wildman–Crippen LogP) is 5.20. The van der Waals surface area contributed by atoms with E-state index in [0.29, 0.717) is 12.2 Å². The highest BCUT2D eigenvalue weighted by molar-refractivity contribution is 5.79. The molecule has 0 fully saturated rings. The number of alkyl halides is 3. The number of benzene rings is 2. The van der Waals surface area contributed by atoms with Crippen LogP contribution in [0.3, 0.4) is 0 Å². The Morgan fingerprint density at radius 3 is 2.48 bits per heavy atom. The molecule has 3 rings (SSSR count). The predicted molar refractivity (Wildman–Crippen MR) is 83.5 cm³/mol. The fourth-order valence-electron chi connectivity index (χ4n) is 2.56. The Hall–Kier alpha value is -2.43. The van der Waals surface area contributed by atoms with Gasteiger partial charge in [0, 0.05) is 18.1 Å². The zero-order valence-corrected chi connectivity index (χ0v) is 12.5. The Morgan fingerprint density at radius 2 is 1.78 bits per heavy atom. The van der Waals surface area contributed by atoms with Gasteiger partial charge in [-0.05, 0) is 60.3 Å². The van der Waals surface area contributed by atoms with Gasteiger partial charge in [-0.1, -0.05) is 6.07 Å². The van der Waals surface area contributed by atoms with Gasteiger partial charge in [0.2, 0.25) is 0 Å². The Kier molecular flexibility index (Phi) is 4.03. The first-order valence-corrected chi connectivity index (χ1v) is 7.32. The normalized spacial score (nSPS) is 13.2. The highest BCUT2D eigenvalue weighted by Gasteiger charge is 2.30. The summed E-state index contributed by atoms with van der Waals surface area (Å²) in [6.45, 7) is 1.90. The molecular weight excluding hydrogens is 303 g/mol. The number of hydrogen-bond acceptors (Lipinski definition) is 1. The van der Waals surface area contributed by atoms with E-state index in [-0.39, 0.29) is 6.10 Å². The van der Waals surface area contributed by atoms with Gasteiger partial charge in [-0.15, -0.1) is 0 Å². The van der Waals surface area contributed by atoms with Crippen molar-refractivity contribution in [3.8, 4) is 5.75 Å². The van der Waals surface area contributed by atoms with Crippen molar-refractivity contribution in [2.24, 2.45) is 0 Å². The zero-order chi connectivity index (χ0) is 16.4. The SMILES string of the molecule is CC(Cc1ccc2[nH]ccc2c1)Oc1ccc(C(F)(F)F)cc1. The first-order valence-electron chi connectivity index (χ1n) is 7.32. The average molecular weight is 319 g/mol. The van der Waals surface area contributed by atoms with Gasteiger partial charge in [-0.3, -0.25) is 0 Å². The molecule has 1 N–H and O–H groups in total. The number of ether oxygens (including phenoxy) is 1. The van der Waals surface area contributed by atoms with Crippen molar-refractivity contribution < 1.29 is 17.9 Å². The standard InChI is InChI=1S/C18H16F3NO/c1-12(10-13-2-7-17-14(11-13)8-9-22-17)23-16-5-3-15(4-6-16)18(19,20)21/h2-9,11-12,22H,10H2,1H3. The van der Waals surface area contributed by atoms with Crippen LogP contribution in [0, 0.1) is 0 Å². The molecule has 0 spiro atoms. The summed E-state index contributed by atoms with van der Waals surface area (Å²) in [5, 5.41) is 1.13. The first kappa shape index (κ1) is 15.5. The van der Waals surface area contributed by atoms with Gasteiger partial charge < -0.3 is 9.72 Å². The number of rotatable bonds is 4. The van der Waals surface area contributed by atoms with Gasteiger partial charge in [-0.25, -0.2) is 0 Å². The molecule has 1 unspecified atom stereocenters. The van der Waals surface area contributed by atoms with Crippen LogP contribution in [0.5, 0.6) is 5.75 Å². The Bertz CT molecular complexity index is 790. The number of halogens is 3. The van der Waals surface area contributed by atoms with Crippen molar-refractivity contribution >= 4 is 10.9 Å². The largest absolute Gasteiger partial charge is 0.490 e. The zero-order valence-electron chi connectivity index (χ0n) is 12.5. The van der Waals surface area contributed by atoms with Gasteiger partial charge in [-0.2, -0.15) is 13.2 Å². The summed E-state index contributed by atoms with van der Waals surface area (Å²) in [5.41, 5.74) is 1.52. The number of hydrogen-bond donors (Lipinski definition) is 1. The molecule has 2 aromatic carbocycles. The van der Waals surface area contributed by atoms with Crippen LogP contribution < -0.4 is 4.74 Å². The molecule has 0 saturated carbocycles. The van der Waals surface area contributed by atoms with Crippen LogP contribution in [0.25, 0.3) is 10.9 Å². The minimum Gasteiger partial charge on any atom is -0.490 e. The molecule has 0 bridgehead atoms. The molecule has 0 amide bonds. The third-order valence-electron chi connectivity index (χ3n) is 3.66. The summed E-state index contributed by atoms with van der Waals surface area (Å²) in [6, 6.07) is 12.9. The van der Waals surface area contributed by atoms with Crippen LogP contribution in [0.4, 0.5) is 13.2 Å². The van der Waals surface area contributed by atoms with Crippen molar-refractivity contribution in [3.63, 3.8) is 0 Å². The molecule has 0 aliphatic carbocycles. The molecule has 0 saturated heterocycles. The monoisotopic (exact) mass is 319 g/mol. The molecule has 1 aromatic heterocycles. The topological polar surface area (TPSA) is 25.0 Å². The molecule has 1 atom stereocenters. The highest BCUT2D eigenvalue weighted by atomic mass is 19.4. The van der Waals surface area contributed by atoms with Crippen LogP contribution in [-0.4, -0.2) is 11.1 Å². The summed E-state index contributed by atoms with van der Waals surface area (Å²) in [4.78, 5) is 3.13. The lowest BCUT2D eigenvalue weighted by molar-refractivity contribution is -0.137. The van der Waals surface area contributed by atoms with Crippen LogP contribution >= 0.6 is 0 Å². The van der Waals surface area contributed by atoms with E-state index in [1.807, 2.05) is 31.3 Å². The molecule has 5 heteroatoms. The van der Waals surface area contributed by atoms with E-state index in [2.05, 4.69) is 11.1 Å². The van der Waals surface area contributed by atoms with Crippen molar-refractivity contribution in [3.05, 3.63) is 65.9 Å². The van der Waals surface area contributed by atoms with E-state index in [1.165, 1.54) is 12.1 Å². The van der Waals surface area contributed by atoms with Gasteiger partial charge in [0.1, 0.15) is 5.75 Å². The van der Waals surface area contributed by atoms with E-state index < -0.39 is 11.7 Å². The van der Waals surface area contributed by atoms with Crippen LogP contribution in [0.2, 0.25) is 0 Å². The molecule has 2 nitrogen and oxygen atoms in total. The van der Waals surface area contributed by atoms with Gasteiger partial charge in [0.05, 0.1) is 11.7 Å². The minimum atomic E-state index is -4.32. The number of H-pyrrole nitrogens is 1. The van der Waals surface area contributed by atoms with E-state index in [4.69, 9.17) is 4.74 Å². The lowest BCUT2D eigenvalue weighted by atomic mass is 10.1. The fourth-order valence-corrected chi connectivity index (χ4v) is 2.56. The first-order chi connectivity index (χ1) is 10.9. The van der Waals surface area contributed by atoms with E-state index in [0.717, 1.165) is 28.6 Å². The summed E-state index contributed by atoms with van der Waals surface area (Å²) in [6.07, 6.45) is -1.89. The maximum absolute atomic E-state index is 12.5. The lowest BCUT2D eigenvalue weighted by Gasteiger charge is -2.15. The van der Waals surface area contributed by atoms with Crippen LogP contribution in [0.15, 0.2) is 54.7 Å². The van der Waals surface area contributed by atoms with E-state index in [9.17, 15) is 13.2 Å².